The molecule has 0 aliphatic carbocycles. The van der Waals surface area contributed by atoms with Crippen LogP contribution in [0.25, 0.3) is 0 Å². The number of rotatable bonds is 1. The summed E-state index contributed by atoms with van der Waals surface area (Å²) in [6, 6.07) is 9.62. The third-order valence-corrected chi connectivity index (χ3v) is 2.76. The van der Waals surface area contributed by atoms with Crippen molar-refractivity contribution in [1.29, 1.82) is 0 Å². The van der Waals surface area contributed by atoms with Gasteiger partial charge in [0.15, 0.2) is 0 Å². The Morgan fingerprint density at radius 2 is 2.00 bits per heavy atom. The minimum atomic E-state index is -0.0600. The number of carbonyl (C=O) groups is 1. The molecule has 1 fully saturated rings. The van der Waals surface area contributed by atoms with Crippen molar-refractivity contribution in [3.8, 4) is 0 Å². The van der Waals surface area contributed by atoms with E-state index in [1.807, 2.05) is 37.3 Å². The van der Waals surface area contributed by atoms with Gasteiger partial charge in [-0.25, -0.2) is 0 Å². The van der Waals surface area contributed by atoms with Crippen molar-refractivity contribution in [3.05, 3.63) is 30.3 Å². The van der Waals surface area contributed by atoms with Crippen molar-refractivity contribution < 1.29 is 4.79 Å². The Balaban J connectivity index is 2.26. The van der Waals surface area contributed by atoms with E-state index in [-0.39, 0.29) is 17.9 Å². The summed E-state index contributed by atoms with van der Waals surface area (Å²) in [4.78, 5) is 13.5. The fourth-order valence-corrected chi connectivity index (χ4v) is 1.73. The highest BCUT2D eigenvalue weighted by atomic mass is 16.2. The summed E-state index contributed by atoms with van der Waals surface area (Å²) in [5, 5.41) is 0. The fraction of sp³-hybridized carbons (Fsp3) is 0.364. The molecule has 0 saturated carbocycles. The maximum atomic E-state index is 11.8. The number of hydrogen-bond acceptors (Lipinski definition) is 2. The highest BCUT2D eigenvalue weighted by molar-refractivity contribution is 5.97. The largest absolute Gasteiger partial charge is 0.325 e. The van der Waals surface area contributed by atoms with Crippen molar-refractivity contribution in [2.24, 2.45) is 11.7 Å². The minimum absolute atomic E-state index is 0.0392. The van der Waals surface area contributed by atoms with Gasteiger partial charge < -0.3 is 10.6 Å². The molecule has 74 valence electrons. The number of para-hydroxylation sites is 1. The molecule has 2 atom stereocenters. The summed E-state index contributed by atoms with van der Waals surface area (Å²) in [6.07, 6.45) is 0. The fourth-order valence-electron chi connectivity index (χ4n) is 1.73. The average molecular weight is 190 g/mol. The van der Waals surface area contributed by atoms with Crippen molar-refractivity contribution in [2.75, 3.05) is 11.4 Å². The van der Waals surface area contributed by atoms with Crippen LogP contribution in [0.3, 0.4) is 0 Å². The number of benzene rings is 1. The highest BCUT2D eigenvalue weighted by Crippen LogP contribution is 2.23. The second-order valence-corrected chi connectivity index (χ2v) is 3.74. The number of anilines is 1. The maximum Gasteiger partial charge on any atom is 0.231 e. The van der Waals surface area contributed by atoms with Crippen LogP contribution in [-0.4, -0.2) is 18.5 Å². The van der Waals surface area contributed by atoms with Gasteiger partial charge in [-0.15, -0.1) is 0 Å². The molecule has 1 aliphatic heterocycles. The number of amides is 1. The molecule has 0 radical (unpaired) electrons. The van der Waals surface area contributed by atoms with Gasteiger partial charge in [-0.05, 0) is 12.1 Å². The molecule has 1 amide bonds. The first-order chi connectivity index (χ1) is 6.70. The van der Waals surface area contributed by atoms with E-state index < -0.39 is 0 Å². The van der Waals surface area contributed by atoms with Crippen molar-refractivity contribution in [1.82, 2.24) is 0 Å². The van der Waals surface area contributed by atoms with Gasteiger partial charge >= 0.3 is 0 Å². The van der Waals surface area contributed by atoms with Gasteiger partial charge in [0.1, 0.15) is 0 Å². The molecule has 0 aromatic heterocycles. The van der Waals surface area contributed by atoms with Gasteiger partial charge in [0, 0.05) is 18.3 Å². The molecule has 1 aromatic carbocycles. The Labute approximate surface area is 83.5 Å². The lowest BCUT2D eigenvalue weighted by molar-refractivity contribution is -0.120. The molecule has 1 aliphatic rings. The first-order valence-electron chi connectivity index (χ1n) is 4.82. The van der Waals surface area contributed by atoms with Gasteiger partial charge in [-0.1, -0.05) is 25.1 Å². The smallest absolute Gasteiger partial charge is 0.231 e. The molecule has 3 heteroatoms. The Hall–Kier alpha value is -1.35. The van der Waals surface area contributed by atoms with Crippen molar-refractivity contribution in [3.63, 3.8) is 0 Å². The van der Waals surface area contributed by atoms with E-state index in [0.29, 0.717) is 6.54 Å². The monoisotopic (exact) mass is 190 g/mol. The topological polar surface area (TPSA) is 46.3 Å². The summed E-state index contributed by atoms with van der Waals surface area (Å²) in [6.45, 7) is 2.51. The Bertz CT molecular complexity index is 336. The van der Waals surface area contributed by atoms with Crippen LogP contribution in [0.1, 0.15) is 6.92 Å². The molecule has 2 rings (SSSR count). The molecule has 2 N–H and O–H groups in total. The van der Waals surface area contributed by atoms with E-state index in [0.717, 1.165) is 5.69 Å². The summed E-state index contributed by atoms with van der Waals surface area (Å²) < 4.78 is 0. The van der Waals surface area contributed by atoms with E-state index in [2.05, 4.69) is 0 Å². The zero-order valence-electron chi connectivity index (χ0n) is 8.18. The number of carbonyl (C=O) groups excluding carboxylic acids is 1. The lowest BCUT2D eigenvalue weighted by Crippen LogP contribution is -2.28. The Morgan fingerprint density at radius 1 is 1.36 bits per heavy atom. The molecule has 1 heterocycles. The molecular formula is C11H14N2O. The highest BCUT2D eigenvalue weighted by Gasteiger charge is 2.35. The van der Waals surface area contributed by atoms with Gasteiger partial charge in [-0.3, -0.25) is 4.79 Å². The van der Waals surface area contributed by atoms with Crippen LogP contribution in [0.4, 0.5) is 5.69 Å². The van der Waals surface area contributed by atoms with Crippen LogP contribution in [0.15, 0.2) is 30.3 Å². The molecule has 0 bridgehead atoms. The zero-order chi connectivity index (χ0) is 10.1. The molecule has 14 heavy (non-hydrogen) atoms. The van der Waals surface area contributed by atoms with Gasteiger partial charge in [-0.2, -0.15) is 0 Å². The minimum Gasteiger partial charge on any atom is -0.325 e. The Kier molecular flexibility index (Phi) is 2.25. The zero-order valence-corrected chi connectivity index (χ0v) is 8.18. The normalized spacial score (nSPS) is 27.0. The predicted molar refractivity (Wildman–Crippen MR) is 55.9 cm³/mol. The average Bonchev–Trinajstić information content (AvgIpc) is 2.47. The van der Waals surface area contributed by atoms with E-state index >= 15 is 0 Å². The van der Waals surface area contributed by atoms with Crippen molar-refractivity contribution in [2.45, 2.75) is 13.0 Å². The summed E-state index contributed by atoms with van der Waals surface area (Å²) in [7, 11) is 0. The van der Waals surface area contributed by atoms with E-state index in [9.17, 15) is 4.79 Å². The number of nitrogens with two attached hydrogens (primary N) is 1. The molecule has 2 unspecified atom stereocenters. The van der Waals surface area contributed by atoms with Gasteiger partial charge in [0.2, 0.25) is 5.91 Å². The van der Waals surface area contributed by atoms with Crippen LogP contribution in [-0.2, 0) is 4.79 Å². The summed E-state index contributed by atoms with van der Waals surface area (Å²) in [5.41, 5.74) is 6.78. The lowest BCUT2D eigenvalue weighted by atomic mass is 10.1. The molecule has 0 spiro atoms. The van der Waals surface area contributed by atoms with Crippen molar-refractivity contribution >= 4 is 11.6 Å². The number of nitrogens with zero attached hydrogens (tertiary/aromatic N) is 1. The van der Waals surface area contributed by atoms with Crippen LogP contribution in [0, 0.1) is 5.92 Å². The lowest BCUT2D eigenvalue weighted by Gasteiger charge is -2.15. The third kappa shape index (κ3) is 1.40. The van der Waals surface area contributed by atoms with E-state index in [1.54, 1.807) is 4.90 Å². The molecule has 3 nitrogen and oxygen atoms in total. The first-order valence-corrected chi connectivity index (χ1v) is 4.82. The van der Waals surface area contributed by atoms with E-state index in [4.69, 9.17) is 5.73 Å². The van der Waals surface area contributed by atoms with E-state index in [1.165, 1.54) is 0 Å². The van der Waals surface area contributed by atoms with Gasteiger partial charge in [0.05, 0.1) is 5.92 Å². The second kappa shape index (κ2) is 3.42. The van der Waals surface area contributed by atoms with Crippen LogP contribution >= 0.6 is 0 Å². The quantitative estimate of drug-likeness (QED) is 0.718. The first kappa shape index (κ1) is 9.21. The van der Waals surface area contributed by atoms with Crippen LogP contribution < -0.4 is 10.6 Å². The predicted octanol–water partition coefficient (Wildman–Crippen LogP) is 0.997. The van der Waals surface area contributed by atoms with Gasteiger partial charge in [0.25, 0.3) is 0 Å². The molecule has 1 aromatic rings. The summed E-state index contributed by atoms with van der Waals surface area (Å²) in [5.74, 6) is 0.0684. The third-order valence-electron chi connectivity index (χ3n) is 2.76. The molecular weight excluding hydrogens is 176 g/mol. The maximum absolute atomic E-state index is 11.8. The summed E-state index contributed by atoms with van der Waals surface area (Å²) >= 11 is 0. The SMILES string of the molecule is CC1C(=O)N(c2ccccc2)CC1N. The standard InChI is InChI=1S/C11H14N2O/c1-8-10(12)7-13(11(8)14)9-5-3-2-4-6-9/h2-6,8,10H,7,12H2,1H3. The number of hydrogen-bond donors (Lipinski definition) is 1. The van der Waals surface area contributed by atoms with Crippen LogP contribution in [0.5, 0.6) is 0 Å². The second-order valence-electron chi connectivity index (χ2n) is 3.74. The molecule has 1 saturated heterocycles. The Morgan fingerprint density at radius 3 is 2.50 bits per heavy atom. The van der Waals surface area contributed by atoms with Crippen LogP contribution in [0.2, 0.25) is 0 Å².